The SMILES string of the molecule is COc1ccc(-c2ccc(C)cc2C(=O)O)c(C(=O)Nc2ccc(C(=N)N)cc2)c1.CS(=O)(=O)O. The Bertz CT molecular complexity index is 1360. The number of carboxylic acid groups (broad SMARTS) is 1. The summed E-state index contributed by atoms with van der Waals surface area (Å²) >= 11 is 0. The first-order chi connectivity index (χ1) is 16.3. The normalized spacial score (nSPS) is 10.5. The van der Waals surface area contributed by atoms with Crippen molar-refractivity contribution in [3.05, 3.63) is 82.9 Å². The minimum atomic E-state index is -3.67. The molecule has 0 atom stereocenters. The highest BCUT2D eigenvalue weighted by Crippen LogP contribution is 2.31. The van der Waals surface area contributed by atoms with E-state index in [4.69, 9.17) is 20.4 Å². The van der Waals surface area contributed by atoms with Gasteiger partial charge in [0, 0.05) is 11.3 Å². The molecule has 1 amide bonds. The van der Waals surface area contributed by atoms with Crippen LogP contribution in [0.15, 0.2) is 60.7 Å². The van der Waals surface area contributed by atoms with E-state index < -0.39 is 22.0 Å². The van der Waals surface area contributed by atoms with E-state index in [1.54, 1.807) is 60.7 Å². The summed E-state index contributed by atoms with van der Waals surface area (Å²) < 4.78 is 31.1. The number of benzene rings is 3. The van der Waals surface area contributed by atoms with Gasteiger partial charge in [0.25, 0.3) is 16.0 Å². The Kier molecular flexibility index (Phi) is 8.70. The molecule has 0 saturated heterocycles. The highest BCUT2D eigenvalue weighted by molar-refractivity contribution is 7.85. The Morgan fingerprint density at radius 2 is 1.51 bits per heavy atom. The number of ether oxygens (including phenoxy) is 1. The Morgan fingerprint density at radius 3 is 2.03 bits per heavy atom. The number of amides is 1. The summed E-state index contributed by atoms with van der Waals surface area (Å²) in [4.78, 5) is 24.8. The summed E-state index contributed by atoms with van der Waals surface area (Å²) in [6.07, 6.45) is 0.715. The molecule has 35 heavy (non-hydrogen) atoms. The second-order valence-corrected chi connectivity index (χ2v) is 8.91. The number of aromatic carboxylic acids is 1. The second kappa shape index (κ2) is 11.3. The van der Waals surface area contributed by atoms with Crippen molar-refractivity contribution >= 4 is 33.5 Å². The molecule has 0 radical (unpaired) electrons. The van der Waals surface area contributed by atoms with Crippen molar-refractivity contribution < 1.29 is 32.4 Å². The fraction of sp³-hybridized carbons (Fsp3) is 0.125. The molecule has 0 bridgehead atoms. The molecule has 0 unspecified atom stereocenters. The zero-order valence-corrected chi connectivity index (χ0v) is 20.0. The second-order valence-electron chi connectivity index (χ2n) is 7.44. The number of rotatable bonds is 6. The van der Waals surface area contributed by atoms with E-state index in [2.05, 4.69) is 5.32 Å². The van der Waals surface area contributed by atoms with Gasteiger partial charge in [0.05, 0.1) is 24.5 Å². The van der Waals surface area contributed by atoms with E-state index >= 15 is 0 Å². The lowest BCUT2D eigenvalue weighted by Crippen LogP contribution is -2.15. The molecular weight excluding hydrogens is 474 g/mol. The molecule has 0 fully saturated rings. The molecule has 0 aromatic heterocycles. The third kappa shape index (κ3) is 7.95. The largest absolute Gasteiger partial charge is 0.497 e. The van der Waals surface area contributed by atoms with Crippen LogP contribution in [0.1, 0.15) is 31.8 Å². The number of carbonyl (C=O) groups is 2. The van der Waals surface area contributed by atoms with Gasteiger partial charge in [-0.05, 0) is 66.6 Å². The van der Waals surface area contributed by atoms with Gasteiger partial charge in [-0.1, -0.05) is 17.7 Å². The number of nitrogens with one attached hydrogen (secondary N) is 2. The van der Waals surface area contributed by atoms with Crippen molar-refractivity contribution in [1.29, 1.82) is 5.41 Å². The monoisotopic (exact) mass is 499 g/mol. The van der Waals surface area contributed by atoms with Crippen LogP contribution in [0, 0.1) is 12.3 Å². The summed E-state index contributed by atoms with van der Waals surface area (Å²) in [5, 5.41) is 19.9. The van der Waals surface area contributed by atoms with Crippen LogP contribution in [0.3, 0.4) is 0 Å². The number of hydrogen-bond acceptors (Lipinski definition) is 6. The predicted octanol–water partition coefficient (Wildman–Crippen LogP) is 3.41. The lowest BCUT2D eigenvalue weighted by atomic mass is 9.93. The average molecular weight is 500 g/mol. The smallest absolute Gasteiger partial charge is 0.336 e. The van der Waals surface area contributed by atoms with Gasteiger partial charge in [-0.3, -0.25) is 14.8 Å². The van der Waals surface area contributed by atoms with Crippen LogP contribution in [-0.2, 0) is 10.1 Å². The van der Waals surface area contributed by atoms with E-state index in [-0.39, 0.29) is 17.0 Å². The first-order valence-corrected chi connectivity index (χ1v) is 11.9. The molecule has 6 N–H and O–H groups in total. The summed E-state index contributed by atoms with van der Waals surface area (Å²) in [7, 11) is -2.17. The van der Waals surface area contributed by atoms with Crippen LogP contribution in [0.4, 0.5) is 5.69 Å². The van der Waals surface area contributed by atoms with Crippen molar-refractivity contribution in [2.45, 2.75) is 6.92 Å². The molecule has 0 aliphatic carbocycles. The van der Waals surface area contributed by atoms with Gasteiger partial charge in [-0.25, -0.2) is 4.79 Å². The predicted molar refractivity (Wildman–Crippen MR) is 133 cm³/mol. The number of carbonyl (C=O) groups excluding carboxylic acids is 1. The number of anilines is 1. The van der Waals surface area contributed by atoms with Gasteiger partial charge in [-0.15, -0.1) is 0 Å². The maximum atomic E-state index is 13.1. The maximum Gasteiger partial charge on any atom is 0.336 e. The zero-order chi connectivity index (χ0) is 26.3. The molecule has 184 valence electrons. The first-order valence-electron chi connectivity index (χ1n) is 10.0. The summed E-state index contributed by atoms with van der Waals surface area (Å²) in [6, 6.07) is 16.5. The summed E-state index contributed by atoms with van der Waals surface area (Å²) in [5.74, 6) is -1.09. The maximum absolute atomic E-state index is 13.1. The summed E-state index contributed by atoms with van der Waals surface area (Å²) in [5.41, 5.74) is 8.62. The highest BCUT2D eigenvalue weighted by Gasteiger charge is 2.19. The molecule has 10 nitrogen and oxygen atoms in total. The van der Waals surface area contributed by atoms with Gasteiger partial charge >= 0.3 is 5.97 Å². The number of amidine groups is 1. The topological polar surface area (TPSA) is 180 Å². The fourth-order valence-corrected chi connectivity index (χ4v) is 3.07. The van der Waals surface area contributed by atoms with Crippen LogP contribution >= 0.6 is 0 Å². The standard InChI is InChI=1S/C23H21N3O4.CH4O3S/c1-13-3-9-18(20(11-13)23(28)29)17-10-8-16(30-2)12-19(17)22(27)26-15-6-4-14(5-7-15)21(24)25;1-5(2,3)4/h3-12H,1-2H3,(H3,24,25)(H,26,27)(H,28,29);1H3,(H,2,3,4). The van der Waals surface area contributed by atoms with Crippen LogP contribution in [-0.4, -0.2) is 49.2 Å². The Labute approximate surface area is 202 Å². The van der Waals surface area contributed by atoms with Crippen molar-refractivity contribution in [3.8, 4) is 16.9 Å². The third-order valence-corrected chi connectivity index (χ3v) is 4.62. The fourth-order valence-electron chi connectivity index (χ4n) is 3.07. The number of nitrogen functional groups attached to an aromatic ring is 1. The first kappa shape index (κ1) is 27.0. The van der Waals surface area contributed by atoms with Crippen LogP contribution < -0.4 is 15.8 Å². The summed E-state index contributed by atoms with van der Waals surface area (Å²) in [6.45, 7) is 1.81. The van der Waals surface area contributed by atoms with Crippen molar-refractivity contribution in [1.82, 2.24) is 0 Å². The molecular formula is C24H25N3O7S. The van der Waals surface area contributed by atoms with E-state index in [9.17, 15) is 23.1 Å². The van der Waals surface area contributed by atoms with E-state index in [1.165, 1.54) is 7.11 Å². The Hall–Kier alpha value is -4.22. The molecule has 0 spiro atoms. The van der Waals surface area contributed by atoms with Gasteiger partial charge in [-0.2, -0.15) is 8.42 Å². The molecule has 3 aromatic carbocycles. The van der Waals surface area contributed by atoms with E-state index in [0.29, 0.717) is 34.4 Å². The number of hydrogen-bond donors (Lipinski definition) is 5. The molecule has 3 rings (SSSR count). The highest BCUT2D eigenvalue weighted by atomic mass is 32.2. The van der Waals surface area contributed by atoms with Crippen LogP contribution in [0.2, 0.25) is 0 Å². The Balaban J connectivity index is 0.000000784. The van der Waals surface area contributed by atoms with Crippen molar-refractivity contribution in [2.75, 3.05) is 18.7 Å². The van der Waals surface area contributed by atoms with Crippen LogP contribution in [0.25, 0.3) is 11.1 Å². The molecule has 0 aliphatic heterocycles. The zero-order valence-electron chi connectivity index (χ0n) is 19.2. The average Bonchev–Trinajstić information content (AvgIpc) is 2.78. The number of aryl methyl sites for hydroxylation is 1. The van der Waals surface area contributed by atoms with Crippen molar-refractivity contribution in [3.63, 3.8) is 0 Å². The minimum absolute atomic E-state index is 0.0662. The quantitative estimate of drug-likeness (QED) is 0.194. The van der Waals surface area contributed by atoms with E-state index in [1.807, 2.05) is 6.92 Å². The lowest BCUT2D eigenvalue weighted by molar-refractivity contribution is 0.0697. The number of methoxy groups -OCH3 is 1. The van der Waals surface area contributed by atoms with Gasteiger partial charge in [0.1, 0.15) is 11.6 Å². The lowest BCUT2D eigenvalue weighted by Gasteiger charge is -2.14. The van der Waals surface area contributed by atoms with Gasteiger partial charge in [0.2, 0.25) is 0 Å². The molecule has 3 aromatic rings. The number of carboxylic acids is 1. The number of nitrogens with two attached hydrogens (primary N) is 1. The molecule has 0 heterocycles. The molecule has 0 saturated carbocycles. The molecule has 11 heteroatoms. The minimum Gasteiger partial charge on any atom is -0.497 e. The molecule has 0 aliphatic rings. The van der Waals surface area contributed by atoms with Crippen LogP contribution in [0.5, 0.6) is 5.75 Å². The van der Waals surface area contributed by atoms with Gasteiger partial charge in [0.15, 0.2) is 0 Å². The van der Waals surface area contributed by atoms with Crippen molar-refractivity contribution in [2.24, 2.45) is 5.73 Å². The third-order valence-electron chi connectivity index (χ3n) is 4.62. The van der Waals surface area contributed by atoms with E-state index in [0.717, 1.165) is 5.56 Å². The Morgan fingerprint density at radius 1 is 0.971 bits per heavy atom. The van der Waals surface area contributed by atoms with Gasteiger partial charge < -0.3 is 20.9 Å².